The van der Waals surface area contributed by atoms with Crippen LogP contribution in [0, 0.1) is 17.9 Å². The van der Waals surface area contributed by atoms with Crippen LogP contribution in [0.25, 0.3) is 70.1 Å². The van der Waals surface area contributed by atoms with E-state index in [1.807, 2.05) is 60.7 Å². The lowest BCUT2D eigenvalue weighted by atomic mass is 10.0. The number of benzene rings is 6. The van der Waals surface area contributed by atoms with E-state index in [0.29, 0.717) is 34.0 Å². The highest BCUT2D eigenvalue weighted by Gasteiger charge is 2.38. The van der Waals surface area contributed by atoms with Gasteiger partial charge in [-0.05, 0) is 72.8 Å². The monoisotopic (exact) mass is 679 g/mol. The summed E-state index contributed by atoms with van der Waals surface area (Å²) in [5, 5.41) is 12.4. The van der Waals surface area contributed by atoms with Gasteiger partial charge in [0.1, 0.15) is 21.8 Å². The lowest BCUT2D eigenvalue weighted by Crippen LogP contribution is -2.20. The quantitative estimate of drug-likeness (QED) is 0.167. The molecule has 6 aromatic carbocycles. The van der Waals surface area contributed by atoms with E-state index in [0.717, 1.165) is 80.9 Å². The van der Waals surface area contributed by atoms with Crippen LogP contribution < -0.4 is 9.64 Å². The average molecular weight is 680 g/mol. The molecular formula is C40H17N5O3S2. The molecular weight excluding hydrogens is 663 g/mol. The zero-order valence-electron chi connectivity index (χ0n) is 25.6. The van der Waals surface area contributed by atoms with Gasteiger partial charge in [0.2, 0.25) is 5.89 Å². The Morgan fingerprint density at radius 1 is 0.760 bits per heavy atom. The van der Waals surface area contributed by atoms with Gasteiger partial charge < -0.3 is 18.5 Å². The Hall–Kier alpha value is -6.59. The summed E-state index contributed by atoms with van der Waals surface area (Å²) in [5.41, 5.74) is 9.29. The standard InChI is InChI=1S/C40H17N5O3S2/c1-42-22-8-12-27-34(18-22)49-40(44-27)25-10-15-32-35-37(25)50-38-28(13-9-24-23-4-2-3-5-30(23)47-36(24)38)45(35)29-17-21(7-14-31(29)46-32)39-43-26-11-6-20(19-41)16-33(26)48-39/h2-18H. The largest absolute Gasteiger partial charge is 0.455 e. The summed E-state index contributed by atoms with van der Waals surface area (Å²) in [6.07, 6.45) is 0. The first kappa shape index (κ1) is 27.4. The lowest BCUT2D eigenvalue weighted by Gasteiger charge is -2.38. The van der Waals surface area contributed by atoms with Crippen LogP contribution in [0.5, 0.6) is 11.5 Å². The molecule has 5 heterocycles. The summed E-state index contributed by atoms with van der Waals surface area (Å²) in [4.78, 5) is 17.6. The number of nitrogens with zero attached hydrogens (tertiary/aromatic N) is 5. The molecule has 8 nitrogen and oxygen atoms in total. The number of furan rings is 1. The maximum atomic E-state index is 9.40. The van der Waals surface area contributed by atoms with E-state index in [4.69, 9.17) is 30.1 Å². The average Bonchev–Trinajstić information content (AvgIpc) is 3.89. The predicted octanol–water partition coefficient (Wildman–Crippen LogP) is 12.1. The summed E-state index contributed by atoms with van der Waals surface area (Å²) in [6, 6.07) is 35.4. The number of aromatic nitrogens is 2. The van der Waals surface area contributed by atoms with Crippen LogP contribution >= 0.6 is 23.1 Å². The number of hydrogen-bond donors (Lipinski definition) is 0. The number of thiazole rings is 1. The minimum absolute atomic E-state index is 0.449. The summed E-state index contributed by atoms with van der Waals surface area (Å²) in [5.74, 6) is 1.87. The molecule has 0 aliphatic carbocycles. The van der Waals surface area contributed by atoms with Gasteiger partial charge in [0.05, 0.1) is 44.9 Å². The van der Waals surface area contributed by atoms with Gasteiger partial charge >= 0.3 is 0 Å². The van der Waals surface area contributed by atoms with Crippen LogP contribution in [0.2, 0.25) is 0 Å². The van der Waals surface area contributed by atoms with Crippen LogP contribution in [-0.2, 0) is 0 Å². The number of oxazole rings is 1. The van der Waals surface area contributed by atoms with E-state index in [-0.39, 0.29) is 0 Å². The zero-order valence-corrected chi connectivity index (χ0v) is 27.2. The molecule has 0 fully saturated rings. The van der Waals surface area contributed by atoms with Crippen LogP contribution in [0.15, 0.2) is 122 Å². The minimum atomic E-state index is 0.449. The fourth-order valence-electron chi connectivity index (χ4n) is 6.87. The Labute approximate surface area is 291 Å². The molecule has 11 rings (SSSR count). The topological polar surface area (TPSA) is 92.7 Å². The van der Waals surface area contributed by atoms with E-state index in [1.54, 1.807) is 41.3 Å². The molecule has 0 amide bonds. The summed E-state index contributed by atoms with van der Waals surface area (Å²) >= 11 is 3.23. The fraction of sp³-hybridized carbons (Fsp3) is 0. The first-order valence-electron chi connectivity index (χ1n) is 15.6. The molecule has 0 atom stereocenters. The van der Waals surface area contributed by atoms with Crippen molar-refractivity contribution in [3.63, 3.8) is 0 Å². The number of para-hydroxylation sites is 1. The SMILES string of the molecule is [C-]#[N+]c1ccc2nc(-c3ccc4c5c3Sc3c(ccc6c3oc3ccccc36)N5c3cc(-c5nc6ccc(C#N)cc6o5)ccc3O4)sc2c1. The normalized spacial score (nSPS) is 12.8. The van der Waals surface area contributed by atoms with Gasteiger partial charge in [0, 0.05) is 32.7 Å². The maximum absolute atomic E-state index is 9.40. The van der Waals surface area contributed by atoms with Crippen molar-refractivity contribution in [1.82, 2.24) is 9.97 Å². The third-order valence-electron chi connectivity index (χ3n) is 9.16. The molecule has 0 saturated heterocycles. The molecule has 0 radical (unpaired) electrons. The van der Waals surface area contributed by atoms with Crippen molar-refractivity contribution in [2.75, 3.05) is 4.90 Å². The molecule has 3 aromatic heterocycles. The smallest absolute Gasteiger partial charge is 0.227 e. The van der Waals surface area contributed by atoms with Gasteiger partial charge in [-0.25, -0.2) is 14.8 Å². The van der Waals surface area contributed by atoms with Crippen LogP contribution in [0.1, 0.15) is 5.56 Å². The number of hydrogen-bond acceptors (Lipinski definition) is 9. The molecule has 0 spiro atoms. The van der Waals surface area contributed by atoms with E-state index < -0.39 is 0 Å². The number of rotatable bonds is 2. The molecule has 10 heteroatoms. The van der Waals surface area contributed by atoms with Crippen molar-refractivity contribution in [3.05, 3.63) is 120 Å². The summed E-state index contributed by atoms with van der Waals surface area (Å²) < 4.78 is 20.4. The predicted molar refractivity (Wildman–Crippen MR) is 195 cm³/mol. The Morgan fingerprint density at radius 3 is 2.58 bits per heavy atom. The van der Waals surface area contributed by atoms with E-state index in [2.05, 4.69) is 40.1 Å². The highest BCUT2D eigenvalue weighted by molar-refractivity contribution is 8.00. The lowest BCUT2D eigenvalue weighted by molar-refractivity contribution is 0.475. The van der Waals surface area contributed by atoms with Crippen LogP contribution in [0.4, 0.5) is 22.7 Å². The molecule has 232 valence electrons. The van der Waals surface area contributed by atoms with Gasteiger partial charge in [-0.3, -0.25) is 0 Å². The fourth-order valence-corrected chi connectivity index (χ4v) is 9.24. The second kappa shape index (κ2) is 9.97. The highest BCUT2D eigenvalue weighted by Crippen LogP contribution is 2.63. The van der Waals surface area contributed by atoms with E-state index >= 15 is 0 Å². The second-order valence-electron chi connectivity index (χ2n) is 12.0. The van der Waals surface area contributed by atoms with Crippen molar-refractivity contribution in [3.8, 4) is 39.6 Å². The zero-order chi connectivity index (χ0) is 33.1. The third-order valence-corrected chi connectivity index (χ3v) is 11.4. The second-order valence-corrected chi connectivity index (χ2v) is 14.0. The van der Waals surface area contributed by atoms with Crippen molar-refractivity contribution in [1.29, 1.82) is 5.26 Å². The van der Waals surface area contributed by atoms with Crippen molar-refractivity contribution >= 4 is 89.1 Å². The number of ether oxygens (including phenoxy) is 1. The van der Waals surface area contributed by atoms with Crippen molar-refractivity contribution in [2.24, 2.45) is 0 Å². The maximum Gasteiger partial charge on any atom is 0.227 e. The van der Waals surface area contributed by atoms with Crippen LogP contribution in [-0.4, -0.2) is 9.97 Å². The number of anilines is 3. The van der Waals surface area contributed by atoms with E-state index in [1.165, 1.54) is 0 Å². The molecule has 0 bridgehead atoms. The van der Waals surface area contributed by atoms with Crippen molar-refractivity contribution < 1.29 is 13.6 Å². The van der Waals surface area contributed by atoms with Gasteiger partial charge in [-0.1, -0.05) is 36.0 Å². The first-order valence-corrected chi connectivity index (χ1v) is 17.3. The Bertz CT molecular complexity index is 3050. The van der Waals surface area contributed by atoms with Gasteiger partial charge in [0.15, 0.2) is 28.4 Å². The molecule has 2 aliphatic heterocycles. The Kier molecular flexibility index (Phi) is 5.46. The first-order chi connectivity index (χ1) is 24.6. The van der Waals surface area contributed by atoms with Gasteiger partial charge in [-0.15, -0.1) is 11.3 Å². The number of fused-ring (bicyclic) bond motifs is 10. The molecule has 0 saturated carbocycles. The van der Waals surface area contributed by atoms with Crippen molar-refractivity contribution in [2.45, 2.75) is 9.79 Å². The highest BCUT2D eigenvalue weighted by atomic mass is 32.2. The molecule has 0 unspecified atom stereocenters. The molecule has 0 N–H and O–H groups in total. The van der Waals surface area contributed by atoms with Gasteiger partial charge in [0.25, 0.3) is 0 Å². The Morgan fingerprint density at radius 2 is 1.66 bits per heavy atom. The third kappa shape index (κ3) is 3.80. The molecule has 50 heavy (non-hydrogen) atoms. The van der Waals surface area contributed by atoms with Gasteiger partial charge in [-0.2, -0.15) is 5.26 Å². The van der Waals surface area contributed by atoms with Crippen LogP contribution in [0.3, 0.4) is 0 Å². The summed E-state index contributed by atoms with van der Waals surface area (Å²) in [6.45, 7) is 7.49. The number of nitriles is 1. The Balaban J connectivity index is 1.16. The molecule has 9 aromatic rings. The van der Waals surface area contributed by atoms with E-state index in [9.17, 15) is 5.26 Å². The summed E-state index contributed by atoms with van der Waals surface area (Å²) in [7, 11) is 0. The molecule has 2 aliphatic rings. The minimum Gasteiger partial charge on any atom is -0.455 e.